The van der Waals surface area contributed by atoms with E-state index < -0.39 is 11.6 Å². The average molecular weight is 297 g/mol. The van der Waals surface area contributed by atoms with E-state index >= 15 is 0 Å². The van der Waals surface area contributed by atoms with Crippen LogP contribution >= 0.6 is 11.8 Å². The lowest BCUT2D eigenvalue weighted by Crippen LogP contribution is -1.95. The summed E-state index contributed by atoms with van der Waals surface area (Å²) in [5, 5.41) is 0. The number of rotatable bonds is 4. The number of methoxy groups -OCH3 is 2. The third kappa shape index (κ3) is 2.96. The molecule has 0 aromatic heterocycles. The Balaban J connectivity index is 2.38. The smallest absolute Gasteiger partial charge is 0.162 e. The number of anilines is 1. The van der Waals surface area contributed by atoms with Crippen LogP contribution in [0.25, 0.3) is 0 Å². The maximum atomic E-state index is 13.6. The van der Waals surface area contributed by atoms with Gasteiger partial charge in [0.2, 0.25) is 0 Å². The van der Waals surface area contributed by atoms with Gasteiger partial charge < -0.3 is 15.2 Å². The molecular formula is C14H13F2NO2S. The van der Waals surface area contributed by atoms with Crippen LogP contribution in [0.4, 0.5) is 14.5 Å². The minimum absolute atomic E-state index is 0.283. The van der Waals surface area contributed by atoms with Gasteiger partial charge in [-0.2, -0.15) is 0 Å². The predicted octanol–water partition coefficient (Wildman–Crippen LogP) is 3.72. The zero-order valence-electron chi connectivity index (χ0n) is 10.9. The van der Waals surface area contributed by atoms with Crippen molar-refractivity contribution in [2.75, 3.05) is 20.0 Å². The third-order valence-electron chi connectivity index (χ3n) is 2.63. The van der Waals surface area contributed by atoms with E-state index in [1.54, 1.807) is 12.1 Å². The van der Waals surface area contributed by atoms with Crippen molar-refractivity contribution in [2.24, 2.45) is 0 Å². The topological polar surface area (TPSA) is 44.5 Å². The van der Waals surface area contributed by atoms with Crippen LogP contribution in [-0.4, -0.2) is 14.2 Å². The van der Waals surface area contributed by atoms with Crippen LogP contribution in [0, 0.1) is 11.6 Å². The fraction of sp³-hybridized carbons (Fsp3) is 0.143. The summed E-state index contributed by atoms with van der Waals surface area (Å²) in [6, 6.07) is 6.65. The van der Waals surface area contributed by atoms with Crippen molar-refractivity contribution >= 4 is 17.4 Å². The molecule has 0 fully saturated rings. The number of hydrogen-bond donors (Lipinski definition) is 1. The number of hydrogen-bond acceptors (Lipinski definition) is 4. The van der Waals surface area contributed by atoms with Gasteiger partial charge in [-0.25, -0.2) is 8.78 Å². The Morgan fingerprint density at radius 1 is 0.950 bits per heavy atom. The molecule has 0 aliphatic heterocycles. The highest BCUT2D eigenvalue weighted by atomic mass is 32.2. The molecule has 2 aromatic carbocycles. The SMILES string of the molecule is COc1cc(N)c(Sc2ccc(F)cc2F)cc1OC. The third-order valence-corrected chi connectivity index (χ3v) is 3.75. The summed E-state index contributed by atoms with van der Waals surface area (Å²) in [6.07, 6.45) is 0. The van der Waals surface area contributed by atoms with Crippen molar-refractivity contribution < 1.29 is 18.3 Å². The summed E-state index contributed by atoms with van der Waals surface area (Å²) < 4.78 is 36.8. The summed E-state index contributed by atoms with van der Waals surface area (Å²) in [4.78, 5) is 0.887. The van der Waals surface area contributed by atoms with Gasteiger partial charge in [-0.1, -0.05) is 11.8 Å². The van der Waals surface area contributed by atoms with Crippen LogP contribution in [0.3, 0.4) is 0 Å². The van der Waals surface area contributed by atoms with Crippen molar-refractivity contribution in [1.82, 2.24) is 0 Å². The van der Waals surface area contributed by atoms with Gasteiger partial charge in [0.1, 0.15) is 11.6 Å². The van der Waals surface area contributed by atoms with Crippen molar-refractivity contribution in [3.8, 4) is 11.5 Å². The summed E-state index contributed by atoms with van der Waals surface area (Å²) >= 11 is 1.10. The van der Waals surface area contributed by atoms with E-state index in [-0.39, 0.29) is 4.90 Å². The van der Waals surface area contributed by atoms with Crippen molar-refractivity contribution in [3.05, 3.63) is 42.0 Å². The molecule has 0 atom stereocenters. The highest BCUT2D eigenvalue weighted by molar-refractivity contribution is 7.99. The van der Waals surface area contributed by atoms with Crippen molar-refractivity contribution in [2.45, 2.75) is 9.79 Å². The number of ether oxygens (including phenoxy) is 2. The van der Waals surface area contributed by atoms with Crippen LogP contribution in [0.5, 0.6) is 11.5 Å². The van der Waals surface area contributed by atoms with Gasteiger partial charge in [0.05, 0.1) is 14.2 Å². The summed E-state index contributed by atoms with van der Waals surface area (Å²) in [7, 11) is 3.00. The van der Waals surface area contributed by atoms with Gasteiger partial charge in [-0.3, -0.25) is 0 Å². The second-order valence-corrected chi connectivity index (χ2v) is 5.01. The Hall–Kier alpha value is -1.95. The Labute approximate surface area is 119 Å². The monoisotopic (exact) mass is 297 g/mol. The van der Waals surface area contributed by atoms with E-state index in [1.807, 2.05) is 0 Å². The van der Waals surface area contributed by atoms with Crippen LogP contribution in [-0.2, 0) is 0 Å². The van der Waals surface area contributed by atoms with Gasteiger partial charge in [0.15, 0.2) is 11.5 Å². The Bertz CT molecular complexity index is 635. The van der Waals surface area contributed by atoms with Gasteiger partial charge in [0, 0.05) is 27.6 Å². The molecule has 0 spiro atoms. The molecule has 20 heavy (non-hydrogen) atoms. The van der Waals surface area contributed by atoms with E-state index in [1.165, 1.54) is 26.4 Å². The standard InChI is InChI=1S/C14H13F2NO2S/c1-18-11-6-10(17)14(7-12(11)19-2)20-13-4-3-8(15)5-9(13)16/h3-7H,17H2,1-2H3. The molecular weight excluding hydrogens is 284 g/mol. The first-order valence-electron chi connectivity index (χ1n) is 5.69. The molecule has 3 nitrogen and oxygen atoms in total. The largest absolute Gasteiger partial charge is 0.493 e. The van der Waals surface area contributed by atoms with Crippen LogP contribution < -0.4 is 15.2 Å². The van der Waals surface area contributed by atoms with E-state index in [9.17, 15) is 8.78 Å². The molecule has 0 heterocycles. The van der Waals surface area contributed by atoms with Gasteiger partial charge in [-0.05, 0) is 18.2 Å². The predicted molar refractivity (Wildman–Crippen MR) is 74.4 cm³/mol. The number of halogens is 2. The Morgan fingerprint density at radius 3 is 2.20 bits per heavy atom. The molecule has 0 saturated carbocycles. The molecule has 0 aliphatic rings. The second kappa shape index (κ2) is 6.00. The van der Waals surface area contributed by atoms with Gasteiger partial charge in [0.25, 0.3) is 0 Å². The molecule has 0 radical (unpaired) electrons. The normalized spacial score (nSPS) is 10.4. The maximum absolute atomic E-state index is 13.6. The first-order chi connectivity index (χ1) is 9.55. The number of nitrogens with two attached hydrogens (primary N) is 1. The van der Waals surface area contributed by atoms with Crippen LogP contribution in [0.15, 0.2) is 40.1 Å². The molecule has 2 rings (SSSR count). The zero-order valence-corrected chi connectivity index (χ0v) is 11.8. The molecule has 0 amide bonds. The zero-order chi connectivity index (χ0) is 14.7. The van der Waals surface area contributed by atoms with Crippen molar-refractivity contribution in [3.63, 3.8) is 0 Å². The average Bonchev–Trinajstić information content (AvgIpc) is 2.43. The van der Waals surface area contributed by atoms with E-state index in [2.05, 4.69) is 0 Å². The molecule has 2 N–H and O–H groups in total. The van der Waals surface area contributed by atoms with Crippen LogP contribution in [0.1, 0.15) is 0 Å². The Kier molecular flexibility index (Phi) is 4.34. The Morgan fingerprint density at radius 2 is 1.60 bits per heavy atom. The second-order valence-electron chi connectivity index (χ2n) is 3.92. The first-order valence-corrected chi connectivity index (χ1v) is 6.51. The summed E-state index contributed by atoms with van der Waals surface area (Å²) in [5.41, 5.74) is 6.32. The van der Waals surface area contributed by atoms with Crippen molar-refractivity contribution in [1.29, 1.82) is 0 Å². The number of nitrogen functional groups attached to an aromatic ring is 1. The molecule has 0 saturated heterocycles. The molecule has 0 unspecified atom stereocenters. The lowest BCUT2D eigenvalue weighted by atomic mass is 10.3. The fourth-order valence-electron chi connectivity index (χ4n) is 1.64. The fourth-order valence-corrected chi connectivity index (χ4v) is 2.51. The summed E-state index contributed by atoms with van der Waals surface area (Å²) in [6.45, 7) is 0. The lowest BCUT2D eigenvalue weighted by Gasteiger charge is -2.12. The molecule has 2 aromatic rings. The van der Waals surface area contributed by atoms with Gasteiger partial charge >= 0.3 is 0 Å². The molecule has 0 bridgehead atoms. The molecule has 0 aliphatic carbocycles. The maximum Gasteiger partial charge on any atom is 0.162 e. The lowest BCUT2D eigenvalue weighted by molar-refractivity contribution is 0.354. The minimum atomic E-state index is -0.635. The quantitative estimate of drug-likeness (QED) is 0.874. The summed E-state index contributed by atoms with van der Waals surface area (Å²) in [5.74, 6) is -0.267. The highest BCUT2D eigenvalue weighted by Gasteiger charge is 2.12. The number of benzene rings is 2. The van der Waals surface area contributed by atoms with E-state index in [0.29, 0.717) is 22.1 Å². The van der Waals surface area contributed by atoms with E-state index in [4.69, 9.17) is 15.2 Å². The van der Waals surface area contributed by atoms with E-state index in [0.717, 1.165) is 17.8 Å². The molecule has 106 valence electrons. The first kappa shape index (κ1) is 14.5. The van der Waals surface area contributed by atoms with Gasteiger partial charge in [-0.15, -0.1) is 0 Å². The minimum Gasteiger partial charge on any atom is -0.493 e. The van der Waals surface area contributed by atoms with Crippen LogP contribution in [0.2, 0.25) is 0 Å². The highest BCUT2D eigenvalue weighted by Crippen LogP contribution is 2.40. The molecule has 6 heteroatoms.